The van der Waals surface area contributed by atoms with Crippen molar-refractivity contribution in [3.63, 3.8) is 0 Å². The van der Waals surface area contributed by atoms with Crippen molar-refractivity contribution >= 4 is 38.4 Å². The molecule has 4 nitrogen and oxygen atoms in total. The van der Waals surface area contributed by atoms with Crippen LogP contribution in [0, 0.1) is 0 Å². The zero-order valence-electron chi connectivity index (χ0n) is 10.8. The van der Waals surface area contributed by atoms with E-state index in [0.717, 1.165) is 20.4 Å². The summed E-state index contributed by atoms with van der Waals surface area (Å²) in [6.45, 7) is 2.51. The summed E-state index contributed by atoms with van der Waals surface area (Å²) in [5.74, 6) is -0.328. The molecule has 1 unspecified atom stereocenters. The SMILES string of the molecule is CCn1c(=O)oc2cc(C(N)c3sccc3Br)ccc21. The Bertz CT molecular complexity index is 818. The van der Waals surface area contributed by atoms with Crippen LogP contribution in [0.25, 0.3) is 11.1 Å². The van der Waals surface area contributed by atoms with Crippen LogP contribution < -0.4 is 11.5 Å². The van der Waals surface area contributed by atoms with Crippen molar-refractivity contribution in [2.24, 2.45) is 5.73 Å². The molecule has 3 aromatic rings. The van der Waals surface area contributed by atoms with Crippen molar-refractivity contribution in [2.45, 2.75) is 19.5 Å². The summed E-state index contributed by atoms with van der Waals surface area (Å²) in [5.41, 5.74) is 8.60. The van der Waals surface area contributed by atoms with Crippen LogP contribution in [0.4, 0.5) is 0 Å². The highest BCUT2D eigenvalue weighted by molar-refractivity contribution is 9.10. The van der Waals surface area contributed by atoms with Crippen LogP contribution in [0.2, 0.25) is 0 Å². The van der Waals surface area contributed by atoms with Gasteiger partial charge in [-0.15, -0.1) is 11.3 Å². The molecule has 0 bridgehead atoms. The zero-order chi connectivity index (χ0) is 14.3. The molecule has 3 rings (SSSR count). The summed E-state index contributed by atoms with van der Waals surface area (Å²) >= 11 is 5.10. The fraction of sp³-hybridized carbons (Fsp3) is 0.214. The van der Waals surface area contributed by atoms with E-state index in [1.165, 1.54) is 0 Å². The van der Waals surface area contributed by atoms with Crippen molar-refractivity contribution in [1.82, 2.24) is 4.57 Å². The van der Waals surface area contributed by atoms with Crippen LogP contribution in [0.15, 0.2) is 43.3 Å². The van der Waals surface area contributed by atoms with Crippen molar-refractivity contribution in [3.05, 3.63) is 55.1 Å². The highest BCUT2D eigenvalue weighted by Gasteiger charge is 2.16. The van der Waals surface area contributed by atoms with Gasteiger partial charge in [-0.25, -0.2) is 4.79 Å². The van der Waals surface area contributed by atoms with Gasteiger partial charge in [0.15, 0.2) is 5.58 Å². The quantitative estimate of drug-likeness (QED) is 0.784. The first-order valence-electron chi connectivity index (χ1n) is 6.23. The predicted molar refractivity (Wildman–Crippen MR) is 84.2 cm³/mol. The van der Waals surface area contributed by atoms with Gasteiger partial charge >= 0.3 is 5.76 Å². The lowest BCUT2D eigenvalue weighted by Gasteiger charge is -2.11. The van der Waals surface area contributed by atoms with E-state index in [4.69, 9.17) is 10.2 Å². The molecule has 6 heteroatoms. The van der Waals surface area contributed by atoms with Gasteiger partial charge < -0.3 is 10.2 Å². The third-order valence-corrected chi connectivity index (χ3v) is 5.25. The van der Waals surface area contributed by atoms with Crippen LogP contribution >= 0.6 is 27.3 Å². The van der Waals surface area contributed by atoms with E-state index >= 15 is 0 Å². The van der Waals surface area contributed by atoms with E-state index in [1.54, 1.807) is 15.9 Å². The molecule has 1 atom stereocenters. The lowest BCUT2D eigenvalue weighted by Crippen LogP contribution is -2.12. The van der Waals surface area contributed by atoms with Crippen molar-refractivity contribution in [1.29, 1.82) is 0 Å². The van der Waals surface area contributed by atoms with Gasteiger partial charge in [0.05, 0.1) is 11.6 Å². The summed E-state index contributed by atoms with van der Waals surface area (Å²) in [7, 11) is 0. The van der Waals surface area contributed by atoms with E-state index in [2.05, 4.69) is 15.9 Å². The number of rotatable bonds is 3. The third kappa shape index (κ3) is 2.13. The lowest BCUT2D eigenvalue weighted by atomic mass is 10.1. The Kier molecular flexibility index (Phi) is 3.54. The molecule has 2 N–H and O–H groups in total. The molecule has 1 aromatic carbocycles. The number of thiophene rings is 1. The number of fused-ring (bicyclic) bond motifs is 1. The summed E-state index contributed by atoms with van der Waals surface area (Å²) in [4.78, 5) is 12.8. The third-order valence-electron chi connectivity index (χ3n) is 3.29. The minimum Gasteiger partial charge on any atom is -0.408 e. The molecular weight excluding hydrogens is 340 g/mol. The second-order valence-corrected chi connectivity index (χ2v) is 6.25. The molecule has 0 fully saturated rings. The van der Waals surface area contributed by atoms with Crippen LogP contribution in [-0.2, 0) is 6.54 Å². The van der Waals surface area contributed by atoms with Gasteiger partial charge in [-0.3, -0.25) is 4.57 Å². The number of hydrogen-bond acceptors (Lipinski definition) is 4. The molecule has 2 heterocycles. The maximum absolute atomic E-state index is 11.7. The van der Waals surface area contributed by atoms with Gasteiger partial charge in [-0.1, -0.05) is 6.07 Å². The maximum atomic E-state index is 11.7. The molecule has 20 heavy (non-hydrogen) atoms. The molecular formula is C14H13BrN2O2S. The molecule has 0 saturated heterocycles. The van der Waals surface area contributed by atoms with E-state index in [-0.39, 0.29) is 11.8 Å². The Morgan fingerprint density at radius 2 is 2.25 bits per heavy atom. The normalized spacial score (nSPS) is 12.9. The molecule has 0 amide bonds. The molecule has 0 aliphatic heterocycles. The zero-order valence-corrected chi connectivity index (χ0v) is 13.2. The average Bonchev–Trinajstić information content (AvgIpc) is 2.99. The van der Waals surface area contributed by atoms with Crippen LogP contribution in [0.1, 0.15) is 23.4 Å². The Labute approximate surface area is 127 Å². The molecule has 0 spiro atoms. The Balaban J connectivity index is 2.10. The first-order valence-corrected chi connectivity index (χ1v) is 7.91. The monoisotopic (exact) mass is 352 g/mol. The average molecular weight is 353 g/mol. The highest BCUT2D eigenvalue weighted by Crippen LogP contribution is 2.32. The number of benzene rings is 1. The summed E-state index contributed by atoms with van der Waals surface area (Å²) in [5, 5.41) is 1.99. The van der Waals surface area contributed by atoms with Gasteiger partial charge in [0.1, 0.15) is 0 Å². The van der Waals surface area contributed by atoms with E-state index in [9.17, 15) is 4.79 Å². The largest absolute Gasteiger partial charge is 0.419 e. The van der Waals surface area contributed by atoms with Gasteiger partial charge in [-0.05, 0) is 52.0 Å². The second-order valence-electron chi connectivity index (χ2n) is 4.45. The minimum atomic E-state index is -0.328. The van der Waals surface area contributed by atoms with E-state index < -0.39 is 0 Å². The second kappa shape index (κ2) is 5.20. The Hall–Kier alpha value is -1.37. The standard InChI is InChI=1S/C14H13BrN2O2S/c1-2-17-10-4-3-8(7-11(10)19-14(17)18)12(16)13-9(15)5-6-20-13/h3-7,12H,2,16H2,1H3. The Morgan fingerprint density at radius 3 is 2.90 bits per heavy atom. The summed E-state index contributed by atoms with van der Waals surface area (Å²) in [6.07, 6.45) is 0. The Morgan fingerprint density at radius 1 is 1.45 bits per heavy atom. The molecule has 0 aliphatic rings. The highest BCUT2D eigenvalue weighted by atomic mass is 79.9. The number of aryl methyl sites for hydroxylation is 1. The fourth-order valence-electron chi connectivity index (χ4n) is 2.25. The van der Waals surface area contributed by atoms with Gasteiger partial charge in [0.2, 0.25) is 0 Å². The topological polar surface area (TPSA) is 61.2 Å². The number of oxazole rings is 1. The van der Waals surface area contributed by atoms with Crippen molar-refractivity contribution in [3.8, 4) is 0 Å². The summed E-state index contributed by atoms with van der Waals surface area (Å²) in [6, 6.07) is 7.43. The minimum absolute atomic E-state index is 0.232. The first-order chi connectivity index (χ1) is 9.61. The first kappa shape index (κ1) is 13.6. The van der Waals surface area contributed by atoms with Crippen molar-refractivity contribution < 1.29 is 4.42 Å². The van der Waals surface area contributed by atoms with E-state index in [1.807, 2.05) is 36.6 Å². The molecule has 0 saturated carbocycles. The number of hydrogen-bond donors (Lipinski definition) is 1. The predicted octanol–water partition coefficient (Wildman–Crippen LogP) is 3.49. The number of nitrogens with two attached hydrogens (primary N) is 1. The molecule has 0 aliphatic carbocycles. The molecule has 104 valence electrons. The van der Waals surface area contributed by atoms with Crippen LogP contribution in [-0.4, -0.2) is 4.57 Å². The molecule has 0 radical (unpaired) electrons. The van der Waals surface area contributed by atoms with E-state index in [0.29, 0.717) is 12.1 Å². The maximum Gasteiger partial charge on any atom is 0.419 e. The van der Waals surface area contributed by atoms with Gasteiger partial charge in [-0.2, -0.15) is 0 Å². The van der Waals surface area contributed by atoms with Crippen LogP contribution in [0.5, 0.6) is 0 Å². The van der Waals surface area contributed by atoms with Crippen LogP contribution in [0.3, 0.4) is 0 Å². The van der Waals surface area contributed by atoms with Crippen molar-refractivity contribution in [2.75, 3.05) is 0 Å². The van der Waals surface area contributed by atoms with Gasteiger partial charge in [0, 0.05) is 15.9 Å². The van der Waals surface area contributed by atoms with Gasteiger partial charge in [0.25, 0.3) is 0 Å². The number of nitrogens with zero attached hydrogens (tertiary/aromatic N) is 1. The molecule has 2 aromatic heterocycles. The fourth-order valence-corrected chi connectivity index (χ4v) is 3.90. The lowest BCUT2D eigenvalue weighted by molar-refractivity contribution is 0.513. The number of halogens is 1. The summed E-state index contributed by atoms with van der Waals surface area (Å²) < 4.78 is 7.88. The smallest absolute Gasteiger partial charge is 0.408 e. The number of aromatic nitrogens is 1.